The van der Waals surface area contributed by atoms with E-state index in [0.717, 1.165) is 123 Å². The highest BCUT2D eigenvalue weighted by molar-refractivity contribution is 6.11. The lowest BCUT2D eigenvalue weighted by Gasteiger charge is -2.27. The second kappa shape index (κ2) is 28.7. The van der Waals surface area contributed by atoms with Crippen LogP contribution in [0.25, 0.3) is 0 Å². The molecule has 39 heavy (non-hydrogen) atoms. The highest BCUT2D eigenvalue weighted by Gasteiger charge is 2.39. The highest BCUT2D eigenvalue weighted by Crippen LogP contribution is 2.22. The Bertz CT molecular complexity index is 531. The summed E-state index contributed by atoms with van der Waals surface area (Å²) < 4.78 is 0. The van der Waals surface area contributed by atoms with Crippen LogP contribution in [-0.4, -0.2) is 49.8 Å². The van der Waals surface area contributed by atoms with E-state index in [0.29, 0.717) is 19.3 Å². The fraction of sp³-hybridized carbons (Fsp3) is 0.938. The summed E-state index contributed by atoms with van der Waals surface area (Å²) in [7, 11) is 0. The van der Waals surface area contributed by atoms with Crippen molar-refractivity contribution in [3.05, 3.63) is 0 Å². The van der Waals surface area contributed by atoms with Crippen LogP contribution >= 0.6 is 0 Å². The monoisotopic (exact) mass is 554 g/mol. The number of rotatable bonds is 32. The lowest BCUT2D eigenvalue weighted by atomic mass is 9.80. The van der Waals surface area contributed by atoms with Crippen molar-refractivity contribution < 1.29 is 9.59 Å². The molecular weight excluding hydrogens is 486 g/mol. The van der Waals surface area contributed by atoms with E-state index in [4.69, 9.17) is 22.9 Å². The first-order valence-electron chi connectivity index (χ1n) is 16.7. The number of unbranched alkanes of at least 4 members (excludes halogenated alkanes) is 17. The van der Waals surface area contributed by atoms with Gasteiger partial charge in [-0.2, -0.15) is 0 Å². The topological polar surface area (TPSA) is 150 Å². The van der Waals surface area contributed by atoms with Crippen LogP contribution in [0, 0.1) is 0 Å². The molecule has 0 aliphatic rings. The Morgan fingerprint density at radius 2 is 0.744 bits per heavy atom. The molecule has 0 bridgehead atoms. The molecule has 0 unspecified atom stereocenters. The SMILES string of the molecule is NCCCCCCCCNCCCCCCCC(N)(C(=O)CCCCCCCN)C(=O)CCCCCCCN. The van der Waals surface area contributed by atoms with Gasteiger partial charge < -0.3 is 28.3 Å². The molecule has 0 spiro atoms. The van der Waals surface area contributed by atoms with Gasteiger partial charge in [0.05, 0.1) is 0 Å². The van der Waals surface area contributed by atoms with Gasteiger partial charge in [0.25, 0.3) is 0 Å². The number of hydrogen-bond donors (Lipinski definition) is 5. The zero-order valence-electron chi connectivity index (χ0n) is 25.6. The molecule has 0 aliphatic carbocycles. The molecule has 0 saturated heterocycles. The number of carbonyl (C=O) groups is 2. The maximum absolute atomic E-state index is 13.2. The summed E-state index contributed by atoms with van der Waals surface area (Å²) in [6.45, 7) is 4.44. The molecule has 0 heterocycles. The summed E-state index contributed by atoms with van der Waals surface area (Å²) in [6, 6.07) is 0. The van der Waals surface area contributed by atoms with E-state index in [9.17, 15) is 9.59 Å². The minimum absolute atomic E-state index is 0.0435. The molecule has 0 aliphatic heterocycles. The molecular formula is C32H67N5O2. The van der Waals surface area contributed by atoms with Crippen molar-refractivity contribution in [2.75, 3.05) is 32.7 Å². The lowest BCUT2D eigenvalue weighted by Crippen LogP contribution is -2.54. The van der Waals surface area contributed by atoms with Crippen molar-refractivity contribution >= 4 is 11.6 Å². The number of hydrogen-bond acceptors (Lipinski definition) is 7. The molecule has 0 atom stereocenters. The molecule has 0 rings (SSSR count). The zero-order valence-corrected chi connectivity index (χ0v) is 25.6. The van der Waals surface area contributed by atoms with Crippen molar-refractivity contribution in [3.8, 4) is 0 Å². The summed E-state index contributed by atoms with van der Waals surface area (Å²) >= 11 is 0. The first kappa shape index (κ1) is 38.1. The minimum atomic E-state index is -1.29. The maximum Gasteiger partial charge on any atom is 0.160 e. The number of ketones is 2. The van der Waals surface area contributed by atoms with Crippen LogP contribution in [0.15, 0.2) is 0 Å². The van der Waals surface area contributed by atoms with E-state index in [-0.39, 0.29) is 11.6 Å². The Hall–Kier alpha value is -0.860. The minimum Gasteiger partial charge on any atom is -0.330 e. The van der Waals surface area contributed by atoms with Gasteiger partial charge in [-0.1, -0.05) is 89.9 Å². The van der Waals surface area contributed by atoms with E-state index in [1.807, 2.05) is 0 Å². The number of carbonyl (C=O) groups excluding carboxylic acids is 2. The Morgan fingerprint density at radius 1 is 0.436 bits per heavy atom. The molecule has 9 N–H and O–H groups in total. The van der Waals surface area contributed by atoms with Gasteiger partial charge in [0.1, 0.15) is 5.54 Å². The second-order valence-electron chi connectivity index (χ2n) is 11.6. The fourth-order valence-electron chi connectivity index (χ4n) is 5.21. The van der Waals surface area contributed by atoms with Gasteiger partial charge in [-0.25, -0.2) is 0 Å². The van der Waals surface area contributed by atoms with Gasteiger partial charge in [-0.15, -0.1) is 0 Å². The average Bonchev–Trinajstić information content (AvgIpc) is 2.94. The molecule has 232 valence electrons. The van der Waals surface area contributed by atoms with Crippen molar-refractivity contribution in [1.29, 1.82) is 0 Å². The van der Waals surface area contributed by atoms with Crippen LogP contribution in [0.2, 0.25) is 0 Å². The maximum atomic E-state index is 13.2. The number of nitrogens with one attached hydrogen (secondary N) is 1. The zero-order chi connectivity index (χ0) is 28.9. The smallest absolute Gasteiger partial charge is 0.160 e. The Kier molecular flexibility index (Phi) is 28.0. The Labute approximate surface area is 241 Å². The van der Waals surface area contributed by atoms with Crippen LogP contribution in [0.5, 0.6) is 0 Å². The molecule has 0 aromatic rings. The van der Waals surface area contributed by atoms with Crippen LogP contribution in [0.3, 0.4) is 0 Å². The van der Waals surface area contributed by atoms with Crippen LogP contribution in [0.1, 0.15) is 154 Å². The normalized spacial score (nSPS) is 11.8. The molecule has 0 radical (unpaired) electrons. The standard InChI is InChI=1S/C32H67N5O2/c33-25-17-9-1-2-12-20-28-37-29-21-13-5-8-16-24-32(36,30(38)22-14-6-3-10-18-26-34)31(39)23-15-7-4-11-19-27-35/h37H,1-29,33-36H2. The second-order valence-corrected chi connectivity index (χ2v) is 11.6. The summed E-state index contributed by atoms with van der Waals surface area (Å²) in [6.07, 6.45) is 24.4. The Morgan fingerprint density at radius 3 is 1.13 bits per heavy atom. The molecule has 0 amide bonds. The molecule has 0 fully saturated rings. The highest BCUT2D eigenvalue weighted by atomic mass is 16.2. The van der Waals surface area contributed by atoms with Crippen LogP contribution in [0.4, 0.5) is 0 Å². The van der Waals surface area contributed by atoms with Gasteiger partial charge in [0.2, 0.25) is 0 Å². The number of nitrogens with two attached hydrogens (primary N) is 4. The predicted octanol–water partition coefficient (Wildman–Crippen LogP) is 5.65. The molecule has 7 heteroatoms. The van der Waals surface area contributed by atoms with Gasteiger partial charge >= 0.3 is 0 Å². The largest absolute Gasteiger partial charge is 0.330 e. The fourth-order valence-corrected chi connectivity index (χ4v) is 5.21. The van der Waals surface area contributed by atoms with E-state index in [1.165, 1.54) is 44.9 Å². The first-order valence-corrected chi connectivity index (χ1v) is 16.7. The third kappa shape index (κ3) is 22.5. The van der Waals surface area contributed by atoms with Crippen molar-refractivity contribution in [2.24, 2.45) is 22.9 Å². The molecule has 7 nitrogen and oxygen atoms in total. The van der Waals surface area contributed by atoms with Crippen molar-refractivity contribution in [2.45, 2.75) is 160 Å². The van der Waals surface area contributed by atoms with Gasteiger partial charge in [0.15, 0.2) is 11.6 Å². The molecule has 0 aromatic carbocycles. The van der Waals surface area contributed by atoms with Gasteiger partial charge in [-0.05, 0) is 84.1 Å². The molecule has 0 aromatic heterocycles. The first-order chi connectivity index (χ1) is 19.0. The van der Waals surface area contributed by atoms with Gasteiger partial charge in [0, 0.05) is 12.8 Å². The summed E-state index contributed by atoms with van der Waals surface area (Å²) in [5.41, 5.74) is 22.0. The van der Waals surface area contributed by atoms with E-state index >= 15 is 0 Å². The van der Waals surface area contributed by atoms with Crippen molar-refractivity contribution in [1.82, 2.24) is 5.32 Å². The van der Waals surface area contributed by atoms with Crippen LogP contribution in [-0.2, 0) is 9.59 Å². The van der Waals surface area contributed by atoms with E-state index < -0.39 is 5.54 Å². The van der Waals surface area contributed by atoms with Crippen LogP contribution < -0.4 is 28.3 Å². The van der Waals surface area contributed by atoms with Crippen molar-refractivity contribution in [3.63, 3.8) is 0 Å². The third-order valence-corrected chi connectivity index (χ3v) is 7.94. The van der Waals surface area contributed by atoms with E-state index in [1.54, 1.807) is 0 Å². The number of Topliss-reactive ketones (excluding diaryl/α,β-unsaturated/α-hetero) is 2. The van der Waals surface area contributed by atoms with Gasteiger partial charge in [-0.3, -0.25) is 9.59 Å². The lowest BCUT2D eigenvalue weighted by molar-refractivity contribution is -0.135. The summed E-state index contributed by atoms with van der Waals surface area (Å²) in [4.78, 5) is 26.3. The summed E-state index contributed by atoms with van der Waals surface area (Å²) in [5, 5.41) is 3.56. The predicted molar refractivity (Wildman–Crippen MR) is 168 cm³/mol. The Balaban J connectivity index is 4.24. The molecule has 0 saturated carbocycles. The quantitative estimate of drug-likeness (QED) is 0.0533. The third-order valence-electron chi connectivity index (χ3n) is 7.94. The average molecular weight is 554 g/mol. The van der Waals surface area contributed by atoms with E-state index in [2.05, 4.69) is 5.32 Å². The summed E-state index contributed by atoms with van der Waals surface area (Å²) in [5.74, 6) is -0.0870.